The number of nitrogens with zero attached hydrogens (tertiary/aromatic N) is 3. The Balaban J connectivity index is 1.89. The van der Waals surface area contributed by atoms with Gasteiger partial charge in [-0.25, -0.2) is 13.4 Å². The number of imidazole rings is 1. The lowest BCUT2D eigenvalue weighted by molar-refractivity contribution is 0.0781. The van der Waals surface area contributed by atoms with Crippen LogP contribution in [-0.2, 0) is 23.1 Å². The Morgan fingerprint density at radius 1 is 1.15 bits per heavy atom. The molecule has 0 radical (unpaired) electrons. The summed E-state index contributed by atoms with van der Waals surface area (Å²) in [6.07, 6.45) is 1.06. The van der Waals surface area contributed by atoms with E-state index in [4.69, 9.17) is 0 Å². The van der Waals surface area contributed by atoms with Crippen molar-refractivity contribution in [2.45, 2.75) is 20.0 Å². The SMILES string of the molecule is CCn1c(CN(C)C(=O)c2ccccc2NS(C)(=O)=O)nc2ccccc21. The van der Waals surface area contributed by atoms with Crippen molar-refractivity contribution in [1.29, 1.82) is 0 Å². The van der Waals surface area contributed by atoms with E-state index in [0.717, 1.165) is 29.7 Å². The first kappa shape index (κ1) is 18.9. The van der Waals surface area contributed by atoms with Crippen LogP contribution >= 0.6 is 0 Å². The maximum atomic E-state index is 12.9. The van der Waals surface area contributed by atoms with Gasteiger partial charge in [-0.05, 0) is 31.2 Å². The van der Waals surface area contributed by atoms with E-state index in [-0.39, 0.29) is 11.6 Å². The summed E-state index contributed by atoms with van der Waals surface area (Å²) in [5, 5.41) is 0. The van der Waals surface area contributed by atoms with Crippen molar-refractivity contribution in [1.82, 2.24) is 14.5 Å². The molecule has 0 spiro atoms. The molecule has 27 heavy (non-hydrogen) atoms. The Kier molecular flexibility index (Phi) is 5.18. The zero-order valence-electron chi connectivity index (χ0n) is 15.5. The van der Waals surface area contributed by atoms with Crippen molar-refractivity contribution < 1.29 is 13.2 Å². The van der Waals surface area contributed by atoms with E-state index in [1.807, 2.05) is 31.2 Å². The summed E-state index contributed by atoms with van der Waals surface area (Å²) in [6.45, 7) is 3.09. The molecule has 7 nitrogen and oxygen atoms in total. The molecule has 142 valence electrons. The fraction of sp³-hybridized carbons (Fsp3) is 0.263. The first-order valence-electron chi connectivity index (χ1n) is 8.56. The number of sulfonamides is 1. The van der Waals surface area contributed by atoms with Gasteiger partial charge in [0, 0.05) is 13.6 Å². The van der Waals surface area contributed by atoms with E-state index < -0.39 is 10.0 Å². The van der Waals surface area contributed by atoms with Gasteiger partial charge in [-0.3, -0.25) is 9.52 Å². The fourth-order valence-corrected chi connectivity index (χ4v) is 3.62. The second kappa shape index (κ2) is 7.40. The topological polar surface area (TPSA) is 84.3 Å². The third-order valence-electron chi connectivity index (χ3n) is 4.23. The molecule has 0 aliphatic heterocycles. The maximum Gasteiger partial charge on any atom is 0.256 e. The summed E-state index contributed by atoms with van der Waals surface area (Å²) in [6, 6.07) is 14.4. The Morgan fingerprint density at radius 3 is 2.52 bits per heavy atom. The van der Waals surface area contributed by atoms with Crippen molar-refractivity contribution in [3.8, 4) is 0 Å². The normalized spacial score (nSPS) is 11.5. The highest BCUT2D eigenvalue weighted by molar-refractivity contribution is 7.92. The second-order valence-electron chi connectivity index (χ2n) is 6.34. The zero-order chi connectivity index (χ0) is 19.6. The molecular formula is C19H22N4O3S. The molecule has 1 aromatic heterocycles. The van der Waals surface area contributed by atoms with Crippen LogP contribution in [0.1, 0.15) is 23.1 Å². The van der Waals surface area contributed by atoms with Crippen LogP contribution < -0.4 is 4.72 Å². The largest absolute Gasteiger partial charge is 0.334 e. The molecule has 0 atom stereocenters. The number of rotatable bonds is 6. The first-order valence-corrected chi connectivity index (χ1v) is 10.5. The number of carbonyl (C=O) groups is 1. The van der Waals surface area contributed by atoms with Gasteiger partial charge < -0.3 is 9.47 Å². The van der Waals surface area contributed by atoms with Gasteiger partial charge in [0.1, 0.15) is 5.82 Å². The molecular weight excluding hydrogens is 364 g/mol. The van der Waals surface area contributed by atoms with Crippen LogP contribution in [0.5, 0.6) is 0 Å². The average Bonchev–Trinajstić information content (AvgIpc) is 2.97. The number of para-hydroxylation sites is 3. The molecule has 0 saturated carbocycles. The van der Waals surface area contributed by atoms with Crippen molar-refractivity contribution in [2.75, 3.05) is 18.0 Å². The molecule has 3 rings (SSSR count). The molecule has 3 aromatic rings. The Hall–Kier alpha value is -2.87. The van der Waals surface area contributed by atoms with Gasteiger partial charge in [0.05, 0.1) is 35.1 Å². The Morgan fingerprint density at radius 2 is 1.81 bits per heavy atom. The fourth-order valence-electron chi connectivity index (χ4n) is 3.05. The summed E-state index contributed by atoms with van der Waals surface area (Å²) < 4.78 is 27.6. The number of anilines is 1. The molecule has 0 saturated heterocycles. The molecule has 1 amide bonds. The lowest BCUT2D eigenvalue weighted by Crippen LogP contribution is -2.28. The maximum absolute atomic E-state index is 12.9. The molecule has 8 heteroatoms. The summed E-state index contributed by atoms with van der Waals surface area (Å²) in [7, 11) is -1.80. The standard InChI is InChI=1S/C19H22N4O3S/c1-4-23-17-12-8-7-11-16(17)20-18(23)13-22(2)19(24)14-9-5-6-10-15(14)21-27(3,25)26/h5-12,21H,4,13H2,1-3H3. The number of aryl methyl sites for hydroxylation is 1. The van der Waals surface area contributed by atoms with Gasteiger partial charge in [-0.2, -0.15) is 0 Å². The van der Waals surface area contributed by atoms with Gasteiger partial charge in [0.15, 0.2) is 0 Å². The predicted molar refractivity (Wildman–Crippen MR) is 106 cm³/mol. The Bertz CT molecular complexity index is 1090. The smallest absolute Gasteiger partial charge is 0.256 e. The third kappa shape index (κ3) is 4.11. The summed E-state index contributed by atoms with van der Waals surface area (Å²) in [5.41, 5.74) is 2.47. The number of hydrogen-bond acceptors (Lipinski definition) is 4. The molecule has 2 aromatic carbocycles. The van der Waals surface area contributed by atoms with Gasteiger partial charge in [-0.1, -0.05) is 24.3 Å². The number of amides is 1. The lowest BCUT2D eigenvalue weighted by Gasteiger charge is -2.19. The van der Waals surface area contributed by atoms with E-state index in [2.05, 4.69) is 14.3 Å². The van der Waals surface area contributed by atoms with Crippen molar-refractivity contribution in [3.05, 3.63) is 59.9 Å². The first-order chi connectivity index (χ1) is 12.8. The molecule has 0 fully saturated rings. The average molecular weight is 386 g/mol. The van der Waals surface area contributed by atoms with E-state index in [9.17, 15) is 13.2 Å². The number of benzene rings is 2. The minimum Gasteiger partial charge on any atom is -0.334 e. The molecule has 0 aliphatic carbocycles. The van der Waals surface area contributed by atoms with Crippen LogP contribution in [0.15, 0.2) is 48.5 Å². The van der Waals surface area contributed by atoms with Crippen molar-refractivity contribution in [3.63, 3.8) is 0 Å². The molecule has 0 aliphatic rings. The van der Waals surface area contributed by atoms with Crippen LogP contribution in [-0.4, -0.2) is 42.1 Å². The third-order valence-corrected chi connectivity index (χ3v) is 4.82. The molecule has 0 unspecified atom stereocenters. The number of hydrogen-bond donors (Lipinski definition) is 1. The molecule has 1 N–H and O–H groups in total. The van der Waals surface area contributed by atoms with E-state index >= 15 is 0 Å². The zero-order valence-corrected chi connectivity index (χ0v) is 16.3. The van der Waals surface area contributed by atoms with Crippen molar-refractivity contribution in [2.24, 2.45) is 0 Å². The molecule has 0 bridgehead atoms. The number of aromatic nitrogens is 2. The molecule has 1 heterocycles. The number of nitrogens with one attached hydrogen (secondary N) is 1. The highest BCUT2D eigenvalue weighted by atomic mass is 32.2. The quantitative estimate of drug-likeness (QED) is 0.706. The monoisotopic (exact) mass is 386 g/mol. The number of carbonyl (C=O) groups excluding carboxylic acids is 1. The minimum absolute atomic E-state index is 0.265. The van der Waals surface area contributed by atoms with Crippen LogP contribution in [0.25, 0.3) is 11.0 Å². The minimum atomic E-state index is -3.48. The summed E-state index contributed by atoms with van der Waals surface area (Å²) in [4.78, 5) is 19.1. The van der Waals surface area contributed by atoms with Gasteiger partial charge in [0.25, 0.3) is 5.91 Å². The van der Waals surface area contributed by atoms with E-state index in [1.54, 1.807) is 31.3 Å². The van der Waals surface area contributed by atoms with Crippen LogP contribution in [0.3, 0.4) is 0 Å². The Labute approximate surface area is 158 Å². The van der Waals surface area contributed by atoms with Gasteiger partial charge >= 0.3 is 0 Å². The van der Waals surface area contributed by atoms with Crippen molar-refractivity contribution >= 4 is 32.7 Å². The van der Waals surface area contributed by atoms with E-state index in [0.29, 0.717) is 12.1 Å². The summed E-state index contributed by atoms with van der Waals surface area (Å²) >= 11 is 0. The predicted octanol–water partition coefficient (Wildman–Crippen LogP) is 2.70. The van der Waals surface area contributed by atoms with Crippen LogP contribution in [0.4, 0.5) is 5.69 Å². The summed E-state index contributed by atoms with van der Waals surface area (Å²) in [5.74, 6) is 0.500. The van der Waals surface area contributed by atoms with Crippen LogP contribution in [0.2, 0.25) is 0 Å². The lowest BCUT2D eigenvalue weighted by atomic mass is 10.1. The van der Waals surface area contributed by atoms with Crippen LogP contribution in [0, 0.1) is 0 Å². The highest BCUT2D eigenvalue weighted by Gasteiger charge is 2.19. The second-order valence-corrected chi connectivity index (χ2v) is 8.09. The highest BCUT2D eigenvalue weighted by Crippen LogP contribution is 2.21. The number of fused-ring (bicyclic) bond motifs is 1. The van der Waals surface area contributed by atoms with Gasteiger partial charge in [0.2, 0.25) is 10.0 Å². The van der Waals surface area contributed by atoms with E-state index in [1.165, 1.54) is 4.90 Å². The van der Waals surface area contributed by atoms with Gasteiger partial charge in [-0.15, -0.1) is 0 Å².